The van der Waals surface area contributed by atoms with Gasteiger partial charge in [0, 0.05) is 0 Å². The van der Waals surface area contributed by atoms with Gasteiger partial charge in [-0.25, -0.2) is 0 Å². The topological polar surface area (TPSA) is 26.3 Å². The molecule has 0 N–H and O–H groups in total. The van der Waals surface area contributed by atoms with Gasteiger partial charge in [0.1, 0.15) is 0 Å². The van der Waals surface area contributed by atoms with E-state index in [-0.39, 0.29) is 17.3 Å². The maximum Gasteiger partial charge on any atom is 0.313 e. The molecule has 14 heavy (non-hydrogen) atoms. The second kappa shape index (κ2) is 3.99. The van der Waals surface area contributed by atoms with Crippen molar-refractivity contribution in [1.82, 2.24) is 0 Å². The third-order valence-electron chi connectivity index (χ3n) is 2.84. The molecule has 0 amide bonds. The lowest BCUT2D eigenvalue weighted by atomic mass is 9.69. The van der Waals surface area contributed by atoms with Crippen LogP contribution in [0.25, 0.3) is 0 Å². The van der Waals surface area contributed by atoms with Crippen LogP contribution in [0.2, 0.25) is 0 Å². The van der Waals surface area contributed by atoms with E-state index in [1.165, 1.54) is 7.11 Å². The minimum absolute atomic E-state index is 0.0380. The van der Waals surface area contributed by atoms with E-state index in [0.717, 1.165) is 12.0 Å². The molecule has 0 bridgehead atoms. The van der Waals surface area contributed by atoms with Crippen LogP contribution in [-0.2, 0) is 9.53 Å². The highest BCUT2D eigenvalue weighted by Crippen LogP contribution is 2.40. The van der Waals surface area contributed by atoms with Gasteiger partial charge in [-0.3, -0.25) is 4.79 Å². The molecule has 1 atom stereocenters. The number of hydrogen-bond donors (Lipinski definition) is 0. The highest BCUT2D eigenvalue weighted by molar-refractivity contribution is 5.78. The highest BCUT2D eigenvalue weighted by Gasteiger charge is 2.38. The summed E-state index contributed by atoms with van der Waals surface area (Å²) >= 11 is 0. The van der Waals surface area contributed by atoms with Gasteiger partial charge in [-0.1, -0.05) is 32.1 Å². The van der Waals surface area contributed by atoms with Crippen molar-refractivity contribution < 1.29 is 9.53 Å². The summed E-state index contributed by atoms with van der Waals surface area (Å²) in [5.74, 6) is -0.255. The molecule has 1 aliphatic rings. The second-order valence-electron chi connectivity index (χ2n) is 4.34. The maximum atomic E-state index is 11.7. The van der Waals surface area contributed by atoms with Crippen LogP contribution in [0.15, 0.2) is 23.8 Å². The minimum atomic E-state index is -0.132. The van der Waals surface area contributed by atoms with E-state index in [2.05, 4.69) is 19.9 Å². The average Bonchev–Trinajstić information content (AvgIpc) is 2.15. The largest absolute Gasteiger partial charge is 0.469 e. The Labute approximate surface area is 85.6 Å². The molecule has 0 aliphatic heterocycles. The summed E-state index contributed by atoms with van der Waals surface area (Å²) in [7, 11) is 1.45. The highest BCUT2D eigenvalue weighted by atomic mass is 16.5. The molecule has 2 nitrogen and oxygen atoms in total. The summed E-state index contributed by atoms with van der Waals surface area (Å²) < 4.78 is 4.84. The van der Waals surface area contributed by atoms with Crippen LogP contribution in [0.4, 0.5) is 0 Å². The van der Waals surface area contributed by atoms with Gasteiger partial charge in [0.25, 0.3) is 0 Å². The Kier molecular flexibility index (Phi) is 3.14. The lowest BCUT2D eigenvalue weighted by molar-refractivity contribution is -0.147. The number of carbonyl (C=O) groups is 1. The number of allylic oxidation sites excluding steroid dienone is 3. The molecule has 0 aromatic heterocycles. The number of hydrogen-bond acceptors (Lipinski definition) is 2. The Morgan fingerprint density at radius 1 is 1.64 bits per heavy atom. The Morgan fingerprint density at radius 3 is 2.79 bits per heavy atom. The van der Waals surface area contributed by atoms with Crippen molar-refractivity contribution in [1.29, 1.82) is 0 Å². The molecule has 0 aromatic carbocycles. The first-order chi connectivity index (χ1) is 6.53. The molecule has 1 rings (SSSR count). The molecule has 0 spiro atoms. The van der Waals surface area contributed by atoms with Gasteiger partial charge in [-0.2, -0.15) is 0 Å². The Bertz CT molecular complexity index is 285. The molecule has 2 heteroatoms. The van der Waals surface area contributed by atoms with Crippen molar-refractivity contribution in [2.75, 3.05) is 7.11 Å². The van der Waals surface area contributed by atoms with Crippen molar-refractivity contribution in [3.8, 4) is 0 Å². The van der Waals surface area contributed by atoms with Crippen molar-refractivity contribution in [2.24, 2.45) is 11.3 Å². The molecular weight excluding hydrogens is 176 g/mol. The zero-order valence-corrected chi connectivity index (χ0v) is 9.33. The predicted octanol–water partition coefficient (Wildman–Crippen LogP) is 2.71. The number of methoxy groups -OCH3 is 1. The molecule has 0 fully saturated rings. The fraction of sp³-hybridized carbons (Fsp3) is 0.583. The van der Waals surface area contributed by atoms with Crippen LogP contribution in [0, 0.1) is 11.3 Å². The number of carbonyl (C=O) groups excluding carboxylic acids is 1. The van der Waals surface area contributed by atoms with Crippen LogP contribution in [-0.4, -0.2) is 13.1 Å². The van der Waals surface area contributed by atoms with E-state index in [1.807, 2.05) is 19.1 Å². The Hall–Kier alpha value is -1.05. The lowest BCUT2D eigenvalue weighted by Crippen LogP contribution is -2.34. The molecule has 0 radical (unpaired) electrons. The predicted molar refractivity (Wildman–Crippen MR) is 56.8 cm³/mol. The second-order valence-corrected chi connectivity index (χ2v) is 4.34. The normalized spacial score (nSPS) is 27.7. The summed E-state index contributed by atoms with van der Waals surface area (Å²) in [5, 5.41) is 0. The van der Waals surface area contributed by atoms with E-state index < -0.39 is 0 Å². The number of rotatable bonds is 1. The molecule has 1 aliphatic carbocycles. The van der Waals surface area contributed by atoms with Crippen molar-refractivity contribution in [3.05, 3.63) is 23.8 Å². The van der Waals surface area contributed by atoms with Crippen molar-refractivity contribution in [3.63, 3.8) is 0 Å². The number of ether oxygens (including phenoxy) is 1. The smallest absolute Gasteiger partial charge is 0.313 e. The van der Waals surface area contributed by atoms with Crippen LogP contribution in [0.1, 0.15) is 27.2 Å². The molecular formula is C12H18O2. The summed E-state index contributed by atoms with van der Waals surface area (Å²) in [6, 6.07) is 0. The van der Waals surface area contributed by atoms with E-state index >= 15 is 0 Å². The third-order valence-corrected chi connectivity index (χ3v) is 2.84. The summed E-state index contributed by atoms with van der Waals surface area (Å²) in [4.78, 5) is 11.7. The first-order valence-corrected chi connectivity index (χ1v) is 4.93. The van der Waals surface area contributed by atoms with E-state index in [1.54, 1.807) is 0 Å². The molecule has 78 valence electrons. The fourth-order valence-electron chi connectivity index (χ4n) is 2.00. The van der Waals surface area contributed by atoms with Crippen LogP contribution in [0.3, 0.4) is 0 Å². The van der Waals surface area contributed by atoms with Gasteiger partial charge in [-0.15, -0.1) is 0 Å². The SMILES string of the molecule is CC=C1C=CCC(C)(C)[C@@H]1C(=O)OC. The van der Waals surface area contributed by atoms with Gasteiger partial charge in [-0.05, 0) is 24.3 Å². The summed E-state index contributed by atoms with van der Waals surface area (Å²) in [5.41, 5.74) is 1.03. The molecule has 0 unspecified atom stereocenters. The summed E-state index contributed by atoms with van der Waals surface area (Å²) in [6.07, 6.45) is 7.05. The summed E-state index contributed by atoms with van der Waals surface area (Å²) in [6.45, 7) is 6.15. The molecule has 0 saturated heterocycles. The first-order valence-electron chi connectivity index (χ1n) is 4.93. The van der Waals surface area contributed by atoms with Crippen LogP contribution in [0.5, 0.6) is 0 Å². The van der Waals surface area contributed by atoms with Crippen LogP contribution < -0.4 is 0 Å². The van der Waals surface area contributed by atoms with Gasteiger partial charge in [0.05, 0.1) is 13.0 Å². The van der Waals surface area contributed by atoms with Crippen molar-refractivity contribution >= 4 is 5.97 Å². The fourth-order valence-corrected chi connectivity index (χ4v) is 2.00. The Morgan fingerprint density at radius 2 is 2.29 bits per heavy atom. The standard InChI is InChI=1S/C12H18O2/c1-5-9-7-6-8-12(2,3)10(9)11(13)14-4/h5-7,10H,8H2,1-4H3/t10-/m0/s1. The van der Waals surface area contributed by atoms with Gasteiger partial charge in [0.2, 0.25) is 0 Å². The molecule has 0 aromatic rings. The number of esters is 1. The van der Waals surface area contributed by atoms with Gasteiger partial charge >= 0.3 is 5.97 Å². The molecule has 0 saturated carbocycles. The van der Waals surface area contributed by atoms with E-state index in [9.17, 15) is 4.79 Å². The van der Waals surface area contributed by atoms with Crippen LogP contribution >= 0.6 is 0 Å². The average molecular weight is 194 g/mol. The van der Waals surface area contributed by atoms with Gasteiger partial charge in [0.15, 0.2) is 0 Å². The molecule has 0 heterocycles. The van der Waals surface area contributed by atoms with Gasteiger partial charge < -0.3 is 4.74 Å². The minimum Gasteiger partial charge on any atom is -0.469 e. The lowest BCUT2D eigenvalue weighted by Gasteiger charge is -2.35. The Balaban J connectivity index is 3.06. The first kappa shape index (κ1) is 11.0. The zero-order chi connectivity index (χ0) is 10.8. The van der Waals surface area contributed by atoms with E-state index in [0.29, 0.717) is 0 Å². The monoisotopic (exact) mass is 194 g/mol. The van der Waals surface area contributed by atoms with Crippen molar-refractivity contribution in [2.45, 2.75) is 27.2 Å². The zero-order valence-electron chi connectivity index (χ0n) is 9.33. The maximum absolute atomic E-state index is 11.7. The third kappa shape index (κ3) is 1.89. The quantitative estimate of drug-likeness (QED) is 0.600. The van der Waals surface area contributed by atoms with E-state index in [4.69, 9.17) is 4.74 Å².